The molecule has 0 amide bonds. The van der Waals surface area contributed by atoms with Crippen molar-refractivity contribution in [3.63, 3.8) is 0 Å². The predicted octanol–water partition coefficient (Wildman–Crippen LogP) is 12.3. The first-order chi connectivity index (χ1) is 29.8. The minimum absolute atomic E-state index is 0.104. The van der Waals surface area contributed by atoms with Gasteiger partial charge in [0.2, 0.25) is 0 Å². The van der Waals surface area contributed by atoms with E-state index in [-0.39, 0.29) is 22.6 Å². The van der Waals surface area contributed by atoms with E-state index in [0.29, 0.717) is 6.42 Å². The zero-order chi connectivity index (χ0) is 45.1. The number of carbonyl (C=O) groups excluding carboxylic acids is 2. The van der Waals surface area contributed by atoms with Gasteiger partial charge in [-0.05, 0) is 117 Å². The van der Waals surface area contributed by atoms with Crippen molar-refractivity contribution in [2.75, 3.05) is 28.4 Å². The van der Waals surface area contributed by atoms with Gasteiger partial charge in [-0.1, -0.05) is 110 Å². The number of hydrogen-bond donors (Lipinski definition) is 1. The molecule has 0 heterocycles. The van der Waals surface area contributed by atoms with E-state index < -0.39 is 10.7 Å². The van der Waals surface area contributed by atoms with Gasteiger partial charge in [0, 0.05) is 16.3 Å². The number of rotatable bonds is 15. The Hall–Kier alpha value is -4.41. The van der Waals surface area contributed by atoms with Crippen molar-refractivity contribution >= 4 is 41.4 Å². The third-order valence-corrected chi connectivity index (χ3v) is 15.4. The van der Waals surface area contributed by atoms with Crippen LogP contribution < -0.4 is 9.47 Å². The molecule has 0 aliphatic heterocycles. The summed E-state index contributed by atoms with van der Waals surface area (Å²) in [6.07, 6.45) is 12.1. The Bertz CT molecular complexity index is 2020. The zero-order valence-corrected chi connectivity index (χ0v) is 39.8. The zero-order valence-electron chi connectivity index (χ0n) is 38.2. The standard InChI is InChI=1S/C26H34O3S.C15H20O3S.C11H14O2/c1-19-8-9-20(2)23(16-19)24(25(27)29-4)17-26(14-6-5-7-15-26)30-18-21-10-12-22(28-3)13-11-21;1-18-13-7-5-12(6-8-13)11-19-15(14(16)17)9-3-2-4-10-15;1-8-4-5-9(2)10(6-8)7-11(12)13-3/h8-13,16,24H,5-7,14-15,17-18H2,1-4H3;5-8H,2-4,9-11H2,1H3,(H,16,17);4-6H,7H2,1-3H3. The van der Waals surface area contributed by atoms with Gasteiger partial charge in [0.1, 0.15) is 16.2 Å². The molecule has 8 nitrogen and oxygen atoms in total. The molecule has 10 heteroatoms. The highest BCUT2D eigenvalue weighted by Crippen LogP contribution is 2.48. The Morgan fingerprint density at radius 1 is 0.613 bits per heavy atom. The van der Waals surface area contributed by atoms with Crippen LogP contribution in [0.4, 0.5) is 0 Å². The molecule has 6 rings (SSSR count). The molecule has 1 unspecified atom stereocenters. The van der Waals surface area contributed by atoms with Gasteiger partial charge in [-0.2, -0.15) is 11.8 Å². The molecule has 2 aliphatic rings. The Labute approximate surface area is 379 Å². The predicted molar refractivity (Wildman–Crippen MR) is 255 cm³/mol. The molecule has 0 saturated heterocycles. The van der Waals surface area contributed by atoms with Crippen LogP contribution in [0.1, 0.15) is 121 Å². The number of benzene rings is 4. The van der Waals surface area contributed by atoms with E-state index in [1.165, 1.54) is 55.7 Å². The molecule has 4 aromatic carbocycles. The summed E-state index contributed by atoms with van der Waals surface area (Å²) < 4.78 is 19.8. The molecule has 2 fully saturated rings. The number of aryl methyl sites for hydroxylation is 4. The highest BCUT2D eigenvalue weighted by molar-refractivity contribution is 8.00. The molecule has 2 saturated carbocycles. The lowest BCUT2D eigenvalue weighted by molar-refractivity contribution is -0.143. The molecule has 336 valence electrons. The van der Waals surface area contributed by atoms with E-state index in [4.69, 9.17) is 14.2 Å². The number of carbonyl (C=O) groups is 3. The normalized spacial score (nSPS) is 15.6. The topological polar surface area (TPSA) is 108 Å². The fraction of sp³-hybridized carbons (Fsp3) is 0.481. The minimum atomic E-state index is -0.647. The van der Waals surface area contributed by atoms with Crippen LogP contribution in [0, 0.1) is 27.7 Å². The van der Waals surface area contributed by atoms with E-state index in [1.807, 2.05) is 80.2 Å². The second-order valence-electron chi connectivity index (χ2n) is 16.7. The summed E-state index contributed by atoms with van der Waals surface area (Å²) in [5, 5.41) is 9.51. The number of carboxylic acid groups (broad SMARTS) is 1. The maximum atomic E-state index is 12.9. The average molecular weight is 885 g/mol. The van der Waals surface area contributed by atoms with Crippen molar-refractivity contribution in [2.24, 2.45) is 0 Å². The monoisotopic (exact) mass is 884 g/mol. The number of hydrogen-bond acceptors (Lipinski definition) is 9. The van der Waals surface area contributed by atoms with Crippen LogP contribution in [0.2, 0.25) is 0 Å². The van der Waals surface area contributed by atoms with Gasteiger partial charge in [0.05, 0.1) is 40.8 Å². The van der Waals surface area contributed by atoms with Crippen LogP contribution >= 0.6 is 23.5 Å². The SMILES string of the molecule is COC(=O)C(CC1(SCc2ccc(OC)cc2)CCCCC1)c1cc(C)ccc1C.COC(=O)Cc1cc(C)ccc1C.COc1ccc(CSC2(C(=O)O)CCCCC2)cc1. The van der Waals surface area contributed by atoms with Gasteiger partial charge in [-0.15, -0.1) is 11.8 Å². The van der Waals surface area contributed by atoms with Crippen molar-refractivity contribution in [1.29, 1.82) is 0 Å². The van der Waals surface area contributed by atoms with E-state index in [1.54, 1.807) is 26.0 Å². The lowest BCUT2D eigenvalue weighted by Gasteiger charge is -2.39. The first-order valence-electron chi connectivity index (χ1n) is 21.8. The fourth-order valence-electron chi connectivity index (χ4n) is 8.24. The second-order valence-corrected chi connectivity index (χ2v) is 19.5. The number of esters is 2. The van der Waals surface area contributed by atoms with Crippen LogP contribution in [-0.2, 0) is 41.8 Å². The number of ether oxygens (including phenoxy) is 4. The number of thioether (sulfide) groups is 2. The van der Waals surface area contributed by atoms with Crippen molar-refractivity contribution < 1.29 is 38.4 Å². The van der Waals surface area contributed by atoms with Crippen molar-refractivity contribution in [3.8, 4) is 11.5 Å². The largest absolute Gasteiger partial charge is 0.497 e. The highest BCUT2D eigenvalue weighted by atomic mass is 32.2. The summed E-state index contributed by atoms with van der Waals surface area (Å²) in [5.74, 6) is 2.26. The molecule has 0 radical (unpaired) electrons. The fourth-order valence-corrected chi connectivity index (χ4v) is 11.1. The first kappa shape index (κ1) is 50.2. The lowest BCUT2D eigenvalue weighted by atomic mass is 9.78. The van der Waals surface area contributed by atoms with Gasteiger partial charge in [0.25, 0.3) is 0 Å². The van der Waals surface area contributed by atoms with Gasteiger partial charge in [-0.25, -0.2) is 0 Å². The van der Waals surface area contributed by atoms with Crippen LogP contribution in [-0.4, -0.2) is 60.9 Å². The van der Waals surface area contributed by atoms with Crippen LogP contribution in [0.3, 0.4) is 0 Å². The van der Waals surface area contributed by atoms with E-state index in [2.05, 4.69) is 48.9 Å². The smallest absolute Gasteiger partial charge is 0.319 e. The summed E-state index contributed by atoms with van der Waals surface area (Å²) >= 11 is 3.60. The summed E-state index contributed by atoms with van der Waals surface area (Å²) in [5.41, 5.74) is 9.28. The third-order valence-electron chi connectivity index (χ3n) is 12.1. The first-order valence-corrected chi connectivity index (χ1v) is 23.8. The molecule has 0 aromatic heterocycles. The Balaban J connectivity index is 0.000000225. The summed E-state index contributed by atoms with van der Waals surface area (Å²) in [7, 11) is 6.26. The molecule has 0 spiro atoms. The molecular formula is C52H68O8S2. The summed E-state index contributed by atoms with van der Waals surface area (Å²) in [4.78, 5) is 35.5. The average Bonchev–Trinajstić information content (AvgIpc) is 3.30. The highest BCUT2D eigenvalue weighted by Gasteiger charge is 2.40. The molecule has 1 atom stereocenters. The Kier molecular flexibility index (Phi) is 20.3. The Morgan fingerprint density at radius 3 is 1.61 bits per heavy atom. The van der Waals surface area contributed by atoms with Crippen molar-refractivity contribution in [3.05, 3.63) is 129 Å². The number of aliphatic carboxylic acids is 1. The van der Waals surface area contributed by atoms with Crippen LogP contribution in [0.5, 0.6) is 11.5 Å². The maximum Gasteiger partial charge on any atom is 0.319 e. The van der Waals surface area contributed by atoms with Gasteiger partial charge < -0.3 is 24.1 Å². The third kappa shape index (κ3) is 15.1. The van der Waals surface area contributed by atoms with Crippen molar-refractivity contribution in [1.82, 2.24) is 0 Å². The Morgan fingerprint density at radius 2 is 1.11 bits per heavy atom. The number of carboxylic acids is 1. The molecular weight excluding hydrogens is 817 g/mol. The molecule has 62 heavy (non-hydrogen) atoms. The van der Waals surface area contributed by atoms with E-state index in [9.17, 15) is 19.5 Å². The van der Waals surface area contributed by atoms with Crippen LogP contribution in [0.25, 0.3) is 0 Å². The van der Waals surface area contributed by atoms with Gasteiger partial charge in [0.15, 0.2) is 0 Å². The second kappa shape index (κ2) is 25.0. The molecule has 0 bridgehead atoms. The molecule has 2 aliphatic carbocycles. The quantitative estimate of drug-likeness (QED) is 0.116. The lowest BCUT2D eigenvalue weighted by Crippen LogP contribution is -2.37. The van der Waals surface area contributed by atoms with E-state index >= 15 is 0 Å². The number of methoxy groups -OCH3 is 4. The van der Waals surface area contributed by atoms with Gasteiger partial charge in [-0.3, -0.25) is 14.4 Å². The maximum absolute atomic E-state index is 12.9. The minimum Gasteiger partial charge on any atom is -0.497 e. The van der Waals surface area contributed by atoms with Crippen LogP contribution in [0.15, 0.2) is 84.9 Å². The van der Waals surface area contributed by atoms with Gasteiger partial charge >= 0.3 is 17.9 Å². The molecule has 1 N–H and O–H groups in total. The molecule has 4 aromatic rings. The summed E-state index contributed by atoms with van der Waals surface area (Å²) in [6.45, 7) is 8.20. The van der Waals surface area contributed by atoms with Crippen molar-refractivity contribution in [2.45, 2.75) is 132 Å². The summed E-state index contributed by atoms with van der Waals surface area (Å²) in [6, 6.07) is 28.7. The van der Waals surface area contributed by atoms with E-state index in [0.717, 1.165) is 96.6 Å².